The SMILES string of the molecule is Cc1ccc(F)cc1COc1c(C#N)oc2ccccc12. The van der Waals surface area contributed by atoms with Gasteiger partial charge in [-0.15, -0.1) is 0 Å². The molecule has 2 aromatic carbocycles. The van der Waals surface area contributed by atoms with Gasteiger partial charge in [-0.3, -0.25) is 0 Å². The van der Waals surface area contributed by atoms with Crippen molar-refractivity contribution in [1.82, 2.24) is 0 Å². The van der Waals surface area contributed by atoms with E-state index in [1.165, 1.54) is 12.1 Å². The van der Waals surface area contributed by atoms with Crippen LogP contribution in [0.1, 0.15) is 16.9 Å². The van der Waals surface area contributed by atoms with Gasteiger partial charge in [0.05, 0.1) is 5.39 Å². The number of benzene rings is 2. The molecule has 1 heterocycles. The number of aryl methyl sites for hydroxylation is 1. The Kier molecular flexibility index (Phi) is 3.33. The molecule has 0 spiro atoms. The van der Waals surface area contributed by atoms with Crippen LogP contribution in [0.3, 0.4) is 0 Å². The van der Waals surface area contributed by atoms with Crippen LogP contribution >= 0.6 is 0 Å². The largest absolute Gasteiger partial charge is 0.483 e. The monoisotopic (exact) mass is 281 g/mol. The molecule has 0 saturated heterocycles. The number of ether oxygens (including phenoxy) is 1. The molecule has 3 rings (SSSR count). The number of hydrogen-bond donors (Lipinski definition) is 0. The van der Waals surface area contributed by atoms with E-state index in [1.54, 1.807) is 12.1 Å². The molecule has 0 fully saturated rings. The minimum atomic E-state index is -0.309. The zero-order valence-electron chi connectivity index (χ0n) is 11.4. The Morgan fingerprint density at radius 2 is 2.05 bits per heavy atom. The number of nitriles is 1. The zero-order chi connectivity index (χ0) is 14.8. The Morgan fingerprint density at radius 3 is 2.86 bits per heavy atom. The minimum absolute atomic E-state index is 0.130. The number of halogens is 1. The van der Waals surface area contributed by atoms with E-state index in [1.807, 2.05) is 31.2 Å². The molecule has 0 aliphatic carbocycles. The molecule has 0 N–H and O–H groups in total. The summed E-state index contributed by atoms with van der Waals surface area (Å²) in [4.78, 5) is 0. The van der Waals surface area contributed by atoms with E-state index < -0.39 is 0 Å². The predicted octanol–water partition coefficient (Wildman–Crippen LogP) is 4.33. The van der Waals surface area contributed by atoms with Crippen LogP contribution in [0.25, 0.3) is 11.0 Å². The molecule has 104 valence electrons. The molecule has 0 aliphatic rings. The molecule has 0 atom stereocenters. The first-order valence-corrected chi connectivity index (χ1v) is 6.48. The van der Waals surface area contributed by atoms with Crippen LogP contribution in [-0.4, -0.2) is 0 Å². The summed E-state index contributed by atoms with van der Waals surface area (Å²) in [5.41, 5.74) is 2.27. The van der Waals surface area contributed by atoms with Crippen LogP contribution in [-0.2, 0) is 6.61 Å². The molecular weight excluding hydrogens is 269 g/mol. The van der Waals surface area contributed by atoms with Crippen molar-refractivity contribution in [3.8, 4) is 11.8 Å². The van der Waals surface area contributed by atoms with Crippen molar-refractivity contribution in [2.45, 2.75) is 13.5 Å². The van der Waals surface area contributed by atoms with Gasteiger partial charge in [-0.05, 0) is 42.3 Å². The quantitative estimate of drug-likeness (QED) is 0.717. The Labute approximate surface area is 121 Å². The normalized spacial score (nSPS) is 10.5. The second-order valence-corrected chi connectivity index (χ2v) is 4.73. The van der Waals surface area contributed by atoms with Gasteiger partial charge < -0.3 is 9.15 Å². The Bertz CT molecular complexity index is 846. The summed E-state index contributed by atoms with van der Waals surface area (Å²) in [6.07, 6.45) is 0. The fourth-order valence-electron chi connectivity index (χ4n) is 2.18. The number of para-hydroxylation sites is 1. The summed E-state index contributed by atoms with van der Waals surface area (Å²) in [5.74, 6) is 0.221. The molecule has 3 aromatic rings. The highest BCUT2D eigenvalue weighted by Crippen LogP contribution is 2.33. The lowest BCUT2D eigenvalue weighted by Gasteiger charge is -2.08. The second-order valence-electron chi connectivity index (χ2n) is 4.73. The molecule has 0 aliphatic heterocycles. The van der Waals surface area contributed by atoms with Gasteiger partial charge in [-0.25, -0.2) is 4.39 Å². The Morgan fingerprint density at radius 1 is 1.24 bits per heavy atom. The molecule has 0 amide bonds. The Hall–Kier alpha value is -2.80. The number of nitrogens with zero attached hydrogens (tertiary/aromatic N) is 1. The van der Waals surface area contributed by atoms with Gasteiger partial charge in [0, 0.05) is 0 Å². The standard InChI is InChI=1S/C17H12FNO2/c1-11-6-7-13(18)8-12(11)10-20-17-14-4-2-3-5-15(14)21-16(17)9-19/h2-8H,10H2,1H3. The summed E-state index contributed by atoms with van der Waals surface area (Å²) in [7, 11) is 0. The smallest absolute Gasteiger partial charge is 0.246 e. The number of rotatable bonds is 3. The van der Waals surface area contributed by atoms with Gasteiger partial charge >= 0.3 is 0 Å². The number of fused-ring (bicyclic) bond motifs is 1. The Balaban J connectivity index is 1.95. The first-order chi connectivity index (χ1) is 10.2. The van der Waals surface area contributed by atoms with Crippen LogP contribution in [0.2, 0.25) is 0 Å². The van der Waals surface area contributed by atoms with Gasteiger partial charge in [0.1, 0.15) is 24.1 Å². The topological polar surface area (TPSA) is 46.2 Å². The predicted molar refractivity (Wildman–Crippen MR) is 76.4 cm³/mol. The van der Waals surface area contributed by atoms with Gasteiger partial charge in [-0.2, -0.15) is 5.26 Å². The fraction of sp³-hybridized carbons (Fsp3) is 0.118. The summed E-state index contributed by atoms with van der Waals surface area (Å²) < 4.78 is 24.4. The van der Waals surface area contributed by atoms with Gasteiger partial charge in [0.2, 0.25) is 5.76 Å². The van der Waals surface area contributed by atoms with E-state index in [4.69, 9.17) is 14.4 Å². The first-order valence-electron chi connectivity index (χ1n) is 6.48. The van der Waals surface area contributed by atoms with E-state index in [0.717, 1.165) is 16.5 Å². The lowest BCUT2D eigenvalue weighted by atomic mass is 10.1. The highest BCUT2D eigenvalue weighted by Gasteiger charge is 2.15. The van der Waals surface area contributed by atoms with Crippen molar-refractivity contribution in [3.63, 3.8) is 0 Å². The molecule has 1 aromatic heterocycles. The molecule has 0 saturated carbocycles. The highest BCUT2D eigenvalue weighted by molar-refractivity contribution is 5.86. The maximum Gasteiger partial charge on any atom is 0.246 e. The maximum atomic E-state index is 13.3. The lowest BCUT2D eigenvalue weighted by Crippen LogP contribution is -1.99. The average Bonchev–Trinajstić information content (AvgIpc) is 2.86. The van der Waals surface area contributed by atoms with E-state index >= 15 is 0 Å². The third-order valence-electron chi connectivity index (χ3n) is 3.33. The van der Waals surface area contributed by atoms with Gasteiger partial charge in [0.25, 0.3) is 0 Å². The molecule has 4 heteroatoms. The van der Waals surface area contributed by atoms with Crippen molar-refractivity contribution in [3.05, 3.63) is 65.2 Å². The molecular formula is C17H12FNO2. The molecule has 0 bridgehead atoms. The van der Waals surface area contributed by atoms with Crippen LogP contribution < -0.4 is 4.74 Å². The fourth-order valence-corrected chi connectivity index (χ4v) is 2.18. The second kappa shape index (κ2) is 5.29. The summed E-state index contributed by atoms with van der Waals surface area (Å²) in [6, 6.07) is 13.8. The highest BCUT2D eigenvalue weighted by atomic mass is 19.1. The van der Waals surface area contributed by atoms with Crippen LogP contribution in [0.15, 0.2) is 46.9 Å². The van der Waals surface area contributed by atoms with Gasteiger partial charge in [-0.1, -0.05) is 18.2 Å². The number of hydrogen-bond acceptors (Lipinski definition) is 3. The number of furan rings is 1. The van der Waals surface area contributed by atoms with Crippen molar-refractivity contribution in [1.29, 1.82) is 5.26 Å². The maximum absolute atomic E-state index is 13.3. The van der Waals surface area contributed by atoms with E-state index in [9.17, 15) is 4.39 Å². The van der Waals surface area contributed by atoms with E-state index in [0.29, 0.717) is 11.3 Å². The van der Waals surface area contributed by atoms with Crippen LogP contribution in [0, 0.1) is 24.1 Å². The van der Waals surface area contributed by atoms with E-state index in [2.05, 4.69) is 0 Å². The minimum Gasteiger partial charge on any atom is -0.483 e. The van der Waals surface area contributed by atoms with Crippen molar-refractivity contribution in [2.75, 3.05) is 0 Å². The molecule has 21 heavy (non-hydrogen) atoms. The molecule has 0 radical (unpaired) electrons. The van der Waals surface area contributed by atoms with Crippen molar-refractivity contribution >= 4 is 11.0 Å². The van der Waals surface area contributed by atoms with Crippen LogP contribution in [0.5, 0.6) is 5.75 Å². The van der Waals surface area contributed by atoms with Crippen molar-refractivity contribution < 1.29 is 13.5 Å². The summed E-state index contributed by atoms with van der Waals surface area (Å²) >= 11 is 0. The molecule has 0 unspecified atom stereocenters. The third-order valence-corrected chi connectivity index (χ3v) is 3.33. The average molecular weight is 281 g/mol. The van der Waals surface area contributed by atoms with Crippen molar-refractivity contribution in [2.24, 2.45) is 0 Å². The van der Waals surface area contributed by atoms with Gasteiger partial charge in [0.15, 0.2) is 5.75 Å². The summed E-state index contributed by atoms with van der Waals surface area (Å²) in [5, 5.41) is 9.87. The zero-order valence-corrected chi connectivity index (χ0v) is 11.4. The lowest BCUT2D eigenvalue weighted by molar-refractivity contribution is 0.302. The summed E-state index contributed by atoms with van der Waals surface area (Å²) in [6.45, 7) is 2.07. The molecule has 3 nitrogen and oxygen atoms in total. The van der Waals surface area contributed by atoms with Crippen LogP contribution in [0.4, 0.5) is 4.39 Å². The first kappa shape index (κ1) is 13.2. The third kappa shape index (κ3) is 2.46. The van der Waals surface area contributed by atoms with E-state index in [-0.39, 0.29) is 18.2 Å².